The van der Waals surface area contributed by atoms with Gasteiger partial charge >= 0.3 is 25.7 Å². The molecule has 0 fully saturated rings. The first kappa shape index (κ1) is 54.0. The number of carbonyl (C=O) groups is 3. The van der Waals surface area contributed by atoms with E-state index in [1.165, 1.54) is 103 Å². The molecule has 56 heavy (non-hydrogen) atoms. The van der Waals surface area contributed by atoms with E-state index in [-0.39, 0.29) is 19.4 Å². The Kier molecular flexibility index (Phi) is 38.3. The van der Waals surface area contributed by atoms with Gasteiger partial charge in [0.2, 0.25) is 0 Å². The number of allylic oxidation sites excluding steroid dienone is 4. The second-order valence-electron chi connectivity index (χ2n) is 15.2. The van der Waals surface area contributed by atoms with Crippen molar-refractivity contribution in [3.8, 4) is 0 Å². The molecular formula is C44H82NO10P. The first-order valence-corrected chi connectivity index (χ1v) is 23.9. The van der Waals surface area contributed by atoms with E-state index >= 15 is 0 Å². The molecule has 0 saturated heterocycles. The molecule has 1 unspecified atom stereocenters. The minimum Gasteiger partial charge on any atom is -0.480 e. The number of esters is 2. The molecule has 0 rings (SSSR count). The number of phosphoric ester groups is 1. The van der Waals surface area contributed by atoms with Gasteiger partial charge in [-0.3, -0.25) is 23.4 Å². The van der Waals surface area contributed by atoms with E-state index in [0.717, 1.165) is 64.2 Å². The van der Waals surface area contributed by atoms with Crippen LogP contribution in [0.4, 0.5) is 0 Å². The van der Waals surface area contributed by atoms with Gasteiger partial charge in [-0.25, -0.2) is 4.57 Å². The third-order valence-corrected chi connectivity index (χ3v) is 10.7. The number of carbonyl (C=O) groups excluding carboxylic acids is 2. The molecule has 0 aromatic carbocycles. The highest BCUT2D eigenvalue weighted by atomic mass is 31.2. The molecular weight excluding hydrogens is 733 g/mol. The van der Waals surface area contributed by atoms with Gasteiger partial charge in [0.1, 0.15) is 12.6 Å². The summed E-state index contributed by atoms with van der Waals surface area (Å²) in [5.74, 6) is -2.39. The molecule has 11 nitrogen and oxygen atoms in total. The van der Waals surface area contributed by atoms with Gasteiger partial charge in [0.15, 0.2) is 6.10 Å². The first-order chi connectivity index (χ1) is 27.1. The summed E-state index contributed by atoms with van der Waals surface area (Å²) in [5.41, 5.74) is 5.33. The highest BCUT2D eigenvalue weighted by Crippen LogP contribution is 2.43. The molecule has 0 saturated carbocycles. The van der Waals surface area contributed by atoms with Crippen molar-refractivity contribution >= 4 is 25.7 Å². The maximum atomic E-state index is 12.6. The zero-order valence-corrected chi connectivity index (χ0v) is 36.4. The van der Waals surface area contributed by atoms with Crippen LogP contribution >= 0.6 is 7.82 Å². The van der Waals surface area contributed by atoms with Crippen LogP contribution in [0.2, 0.25) is 0 Å². The Morgan fingerprint density at radius 2 is 0.946 bits per heavy atom. The molecule has 0 aliphatic carbocycles. The summed E-state index contributed by atoms with van der Waals surface area (Å²) in [7, 11) is -4.72. The third-order valence-electron chi connectivity index (χ3n) is 9.70. The highest BCUT2D eigenvalue weighted by molar-refractivity contribution is 7.47. The third kappa shape index (κ3) is 38.8. The van der Waals surface area contributed by atoms with E-state index in [4.69, 9.17) is 24.8 Å². The van der Waals surface area contributed by atoms with E-state index in [0.29, 0.717) is 12.8 Å². The minimum absolute atomic E-state index is 0.148. The lowest BCUT2D eigenvalue weighted by Gasteiger charge is -2.20. The second-order valence-corrected chi connectivity index (χ2v) is 16.6. The Morgan fingerprint density at radius 1 is 0.554 bits per heavy atom. The van der Waals surface area contributed by atoms with Gasteiger partial charge in [0.25, 0.3) is 0 Å². The van der Waals surface area contributed by atoms with Gasteiger partial charge in [-0.15, -0.1) is 0 Å². The summed E-state index contributed by atoms with van der Waals surface area (Å²) in [6.07, 6.45) is 40.9. The predicted octanol–water partition coefficient (Wildman–Crippen LogP) is 11.8. The summed E-state index contributed by atoms with van der Waals surface area (Å²) < 4.78 is 32.7. The summed E-state index contributed by atoms with van der Waals surface area (Å²) in [6.45, 7) is 2.78. The average Bonchev–Trinajstić information content (AvgIpc) is 3.17. The lowest BCUT2D eigenvalue weighted by atomic mass is 10.0. The summed E-state index contributed by atoms with van der Waals surface area (Å²) >= 11 is 0. The standard InChI is InChI=1S/C44H82NO10P/c1-3-5-7-9-11-13-15-17-19-20-22-23-25-27-29-31-33-35-42(46)52-37-40(38-53-56(50,51)54-39-41(45)44(48)49)55-43(47)36-34-32-30-28-26-24-21-18-16-14-12-10-8-6-4-2/h12,14,18,21,40-41H,3-11,13,15-17,19-20,22-39,45H2,1-2H3,(H,48,49)(H,50,51)/b14-12+,21-18+/t40-,41+/m1/s1. The van der Waals surface area contributed by atoms with Crippen molar-refractivity contribution in [1.82, 2.24) is 0 Å². The molecule has 0 aliphatic rings. The molecule has 0 spiro atoms. The lowest BCUT2D eigenvalue weighted by molar-refractivity contribution is -0.161. The van der Waals surface area contributed by atoms with Crippen LogP contribution in [0.15, 0.2) is 24.3 Å². The van der Waals surface area contributed by atoms with Crippen LogP contribution in [-0.4, -0.2) is 59.9 Å². The first-order valence-electron chi connectivity index (χ1n) is 22.4. The van der Waals surface area contributed by atoms with Crippen LogP contribution in [0, 0.1) is 0 Å². The quantitative estimate of drug-likeness (QED) is 0.0232. The van der Waals surface area contributed by atoms with Crippen molar-refractivity contribution in [3.63, 3.8) is 0 Å². The Bertz CT molecular complexity index is 1050. The highest BCUT2D eigenvalue weighted by Gasteiger charge is 2.28. The predicted molar refractivity (Wildman–Crippen MR) is 226 cm³/mol. The Morgan fingerprint density at radius 3 is 1.43 bits per heavy atom. The Labute approximate surface area is 340 Å². The number of hydrogen-bond donors (Lipinski definition) is 3. The fourth-order valence-corrected chi connectivity index (χ4v) is 6.93. The SMILES string of the molecule is CCCCC/C=C/C/C=C/CCCCCCCC(=O)O[C@H](COC(=O)CCCCCCCCCCCCCCCCCCC)COP(=O)(O)OC[C@H](N)C(=O)O. The molecule has 0 bridgehead atoms. The summed E-state index contributed by atoms with van der Waals surface area (Å²) in [4.78, 5) is 46.0. The van der Waals surface area contributed by atoms with E-state index in [1.54, 1.807) is 0 Å². The van der Waals surface area contributed by atoms with Crippen LogP contribution in [0.3, 0.4) is 0 Å². The van der Waals surface area contributed by atoms with Crippen molar-refractivity contribution in [1.29, 1.82) is 0 Å². The average molecular weight is 816 g/mol. The summed E-state index contributed by atoms with van der Waals surface area (Å²) in [5, 5.41) is 8.89. The van der Waals surface area contributed by atoms with Crippen molar-refractivity contribution < 1.29 is 47.5 Å². The molecule has 0 aromatic rings. The molecule has 0 aliphatic heterocycles. The minimum atomic E-state index is -4.72. The van der Waals surface area contributed by atoms with E-state index in [9.17, 15) is 23.8 Å². The van der Waals surface area contributed by atoms with Crippen molar-refractivity contribution in [2.75, 3.05) is 19.8 Å². The van der Waals surface area contributed by atoms with Gasteiger partial charge in [0.05, 0.1) is 13.2 Å². The molecule has 0 amide bonds. The number of aliphatic carboxylic acids is 1. The van der Waals surface area contributed by atoms with Gasteiger partial charge in [0, 0.05) is 12.8 Å². The zero-order valence-electron chi connectivity index (χ0n) is 35.5. The molecule has 0 radical (unpaired) electrons. The number of rotatable bonds is 42. The smallest absolute Gasteiger partial charge is 0.472 e. The largest absolute Gasteiger partial charge is 0.480 e. The lowest BCUT2D eigenvalue weighted by Crippen LogP contribution is -2.34. The topological polar surface area (TPSA) is 172 Å². The van der Waals surface area contributed by atoms with Crippen molar-refractivity contribution in [2.24, 2.45) is 5.73 Å². The summed E-state index contributed by atoms with van der Waals surface area (Å²) in [6, 6.07) is -1.52. The Hall–Kier alpha value is -2.04. The maximum absolute atomic E-state index is 12.6. The number of phosphoric acid groups is 1. The fraction of sp³-hybridized carbons (Fsp3) is 0.841. The zero-order chi connectivity index (χ0) is 41.4. The van der Waals surface area contributed by atoms with Gasteiger partial charge in [-0.05, 0) is 44.9 Å². The normalized spacial score (nSPS) is 13.9. The van der Waals surface area contributed by atoms with Gasteiger partial charge in [-0.2, -0.15) is 0 Å². The van der Waals surface area contributed by atoms with Gasteiger partial charge < -0.3 is 25.2 Å². The van der Waals surface area contributed by atoms with Crippen molar-refractivity contribution in [3.05, 3.63) is 24.3 Å². The van der Waals surface area contributed by atoms with Crippen LogP contribution < -0.4 is 5.73 Å². The molecule has 0 aromatic heterocycles. The molecule has 3 atom stereocenters. The van der Waals surface area contributed by atoms with Crippen LogP contribution in [0.1, 0.15) is 206 Å². The van der Waals surface area contributed by atoms with Crippen LogP contribution in [-0.2, 0) is 37.5 Å². The molecule has 4 N–H and O–H groups in total. The van der Waals surface area contributed by atoms with E-state index in [1.807, 2.05) is 0 Å². The molecule has 328 valence electrons. The van der Waals surface area contributed by atoms with E-state index < -0.39 is 51.1 Å². The number of carboxylic acids is 1. The maximum Gasteiger partial charge on any atom is 0.472 e. The van der Waals surface area contributed by atoms with Crippen LogP contribution in [0.5, 0.6) is 0 Å². The second kappa shape index (κ2) is 39.8. The van der Waals surface area contributed by atoms with E-state index in [2.05, 4.69) is 42.7 Å². The van der Waals surface area contributed by atoms with Crippen LogP contribution in [0.25, 0.3) is 0 Å². The fourth-order valence-electron chi connectivity index (χ4n) is 6.15. The molecule has 12 heteroatoms. The number of hydrogen-bond acceptors (Lipinski definition) is 9. The number of ether oxygens (including phenoxy) is 2. The number of carboxylic acid groups (broad SMARTS) is 1. The monoisotopic (exact) mass is 816 g/mol. The number of unbranched alkanes of at least 4 members (excludes halogenated alkanes) is 24. The Balaban J connectivity index is 4.34. The van der Waals surface area contributed by atoms with Gasteiger partial charge in [-0.1, -0.05) is 173 Å². The molecule has 0 heterocycles. The van der Waals surface area contributed by atoms with Crippen molar-refractivity contribution in [2.45, 2.75) is 219 Å². The number of nitrogens with two attached hydrogens (primary N) is 1.